The van der Waals surface area contributed by atoms with Crippen LogP contribution in [0.4, 0.5) is 34.1 Å². The predicted molar refractivity (Wildman–Crippen MR) is 222 cm³/mol. The van der Waals surface area contributed by atoms with Gasteiger partial charge in [-0.15, -0.1) is 0 Å². The Kier molecular flexibility index (Phi) is 21.9. The summed E-state index contributed by atoms with van der Waals surface area (Å²) < 4.78 is 0. The smallest absolute Gasteiger partial charge is 0.0462 e. The van der Waals surface area contributed by atoms with Gasteiger partial charge in [0.15, 0.2) is 0 Å². The molecular weight excluding hydrogens is 782 g/mol. The molecule has 7 rings (SSSR count). The van der Waals surface area contributed by atoms with Crippen LogP contribution in [0, 0.1) is 14.9 Å². The van der Waals surface area contributed by atoms with E-state index in [1.54, 1.807) is 0 Å². The van der Waals surface area contributed by atoms with E-state index >= 15 is 0 Å². The van der Waals surface area contributed by atoms with Crippen LogP contribution in [-0.2, 0) is 65.4 Å². The molecule has 7 aromatic rings. The minimum atomic E-state index is 0. The van der Waals surface area contributed by atoms with Crippen LogP contribution in [0.5, 0.6) is 0 Å². The first-order valence-electron chi connectivity index (χ1n) is 16.9. The Labute approximate surface area is 364 Å². The summed E-state index contributed by atoms with van der Waals surface area (Å²) in [4.78, 5) is 4.57. The van der Waals surface area contributed by atoms with Crippen molar-refractivity contribution < 1.29 is 65.4 Å². The molecule has 0 aliphatic heterocycles. The Morgan fingerprint density at radius 1 is 0.231 bits per heavy atom. The predicted octanol–water partition coefficient (Wildman–Crippen LogP) is 14.9. The Balaban J connectivity index is 0.00000164. The van der Waals surface area contributed by atoms with Gasteiger partial charge in [0.2, 0.25) is 0 Å². The van der Waals surface area contributed by atoms with Gasteiger partial charge >= 0.3 is 0 Å². The Morgan fingerprint density at radius 2 is 0.385 bits per heavy atom. The van der Waals surface area contributed by atoms with Gasteiger partial charge in [0.1, 0.15) is 0 Å². The molecule has 0 aromatic heterocycles. The molecule has 2 nitrogen and oxygen atoms in total. The maximum Gasteiger partial charge on any atom is 0.0462 e. The first-order valence-corrected chi connectivity index (χ1v) is 16.9. The van der Waals surface area contributed by atoms with Crippen LogP contribution in [0.25, 0.3) is 22.3 Å². The fourth-order valence-corrected chi connectivity index (χ4v) is 5.66. The van der Waals surface area contributed by atoms with Crippen LogP contribution in [0.3, 0.4) is 0 Å². The molecule has 260 valence electrons. The van der Waals surface area contributed by atoms with E-state index in [0.717, 1.165) is 34.1 Å². The van der Waals surface area contributed by atoms with Crippen molar-refractivity contribution in [2.24, 2.45) is 0 Å². The van der Waals surface area contributed by atoms with Crippen molar-refractivity contribution >= 4 is 34.1 Å². The van der Waals surface area contributed by atoms with E-state index in [-0.39, 0.29) is 80.3 Å². The third-order valence-electron chi connectivity index (χ3n) is 7.86. The van der Waals surface area contributed by atoms with Gasteiger partial charge in [-0.3, -0.25) is 0 Å². The molecule has 0 amide bonds. The standard InChI is InChI=1S/C42H32N2.2C2H6.2CH3.2Y/c1-5-13-37(14-6-1)43(38-15-7-2-8-16-38)41-29-25-35(26-30-41)33-21-23-34(24-22-33)36-27-31-42(32-28-36)44(39-17-9-3-10-18-39)40-19-11-4-12-20-40;2*1-2;;;;/h1-32H;2*1-2H3;2*1H3;;/q;;;2*-1;;. The van der Waals surface area contributed by atoms with E-state index in [4.69, 9.17) is 0 Å². The van der Waals surface area contributed by atoms with Crippen molar-refractivity contribution in [3.63, 3.8) is 0 Å². The van der Waals surface area contributed by atoms with Crippen LogP contribution < -0.4 is 9.80 Å². The first kappa shape index (κ1) is 46.4. The van der Waals surface area contributed by atoms with Gasteiger partial charge in [0, 0.05) is 99.5 Å². The van der Waals surface area contributed by atoms with Crippen LogP contribution in [0.2, 0.25) is 0 Å². The molecule has 0 atom stereocenters. The molecule has 0 spiro atoms. The molecule has 0 saturated heterocycles. The molecule has 7 aromatic carbocycles. The van der Waals surface area contributed by atoms with Crippen LogP contribution in [0.15, 0.2) is 194 Å². The van der Waals surface area contributed by atoms with Gasteiger partial charge < -0.3 is 24.7 Å². The van der Waals surface area contributed by atoms with E-state index < -0.39 is 0 Å². The normalized spacial score (nSPS) is 9.31. The quantitative estimate of drug-likeness (QED) is 0.141. The summed E-state index contributed by atoms with van der Waals surface area (Å²) >= 11 is 0. The zero-order chi connectivity index (χ0) is 33.6. The number of nitrogens with zero attached hydrogens (tertiary/aromatic N) is 2. The van der Waals surface area contributed by atoms with Crippen LogP contribution in [0.1, 0.15) is 27.7 Å². The fourth-order valence-electron chi connectivity index (χ4n) is 5.66. The number of rotatable bonds is 8. The van der Waals surface area contributed by atoms with Gasteiger partial charge in [0.05, 0.1) is 0 Å². The van der Waals surface area contributed by atoms with Gasteiger partial charge in [-0.2, -0.15) is 0 Å². The summed E-state index contributed by atoms with van der Waals surface area (Å²) in [5, 5.41) is 0. The van der Waals surface area contributed by atoms with Crippen molar-refractivity contribution in [2.75, 3.05) is 9.80 Å². The average molecular weight is 833 g/mol. The molecule has 0 N–H and O–H groups in total. The minimum Gasteiger partial charge on any atom is -0.358 e. The zero-order valence-corrected chi connectivity index (χ0v) is 37.2. The van der Waals surface area contributed by atoms with Gasteiger partial charge in [-0.1, -0.05) is 149 Å². The number of hydrogen-bond donors (Lipinski definition) is 0. The van der Waals surface area contributed by atoms with Crippen molar-refractivity contribution in [3.8, 4) is 22.3 Å². The van der Waals surface area contributed by atoms with Gasteiger partial charge in [0.25, 0.3) is 0 Å². The third kappa shape index (κ3) is 11.7. The second kappa shape index (κ2) is 24.6. The Bertz CT molecular complexity index is 1690. The summed E-state index contributed by atoms with van der Waals surface area (Å²) in [7, 11) is 0. The number of anilines is 6. The van der Waals surface area contributed by atoms with Gasteiger partial charge in [-0.05, 0) is 95.1 Å². The van der Waals surface area contributed by atoms with E-state index in [9.17, 15) is 0 Å². The topological polar surface area (TPSA) is 6.48 Å². The molecule has 0 unspecified atom stereocenters. The zero-order valence-electron chi connectivity index (χ0n) is 31.5. The Hall–Kier alpha value is -3.65. The van der Waals surface area contributed by atoms with Crippen LogP contribution in [-0.4, -0.2) is 0 Å². The summed E-state index contributed by atoms with van der Waals surface area (Å²) in [5.41, 5.74) is 11.6. The molecule has 0 fully saturated rings. The maximum absolute atomic E-state index is 2.28. The molecule has 0 aliphatic rings. The minimum absolute atomic E-state index is 0. The monoisotopic (exact) mass is 832 g/mol. The van der Waals surface area contributed by atoms with E-state index in [2.05, 4.69) is 204 Å². The molecular formula is C48H50N2Y2-2. The van der Waals surface area contributed by atoms with Crippen molar-refractivity contribution in [1.29, 1.82) is 0 Å². The van der Waals surface area contributed by atoms with E-state index in [0.29, 0.717) is 0 Å². The average Bonchev–Trinajstić information content (AvgIpc) is 3.19. The maximum atomic E-state index is 2.28. The van der Waals surface area contributed by atoms with Crippen molar-refractivity contribution in [1.82, 2.24) is 0 Å². The molecule has 0 bridgehead atoms. The largest absolute Gasteiger partial charge is 0.358 e. The summed E-state index contributed by atoms with van der Waals surface area (Å²) in [6.45, 7) is 8.00. The summed E-state index contributed by atoms with van der Waals surface area (Å²) in [6.07, 6.45) is 0. The van der Waals surface area contributed by atoms with Gasteiger partial charge in [-0.25, -0.2) is 0 Å². The van der Waals surface area contributed by atoms with Crippen molar-refractivity contribution in [2.45, 2.75) is 27.7 Å². The number of para-hydroxylation sites is 4. The first-order chi connectivity index (χ1) is 23.8. The molecule has 52 heavy (non-hydrogen) atoms. The van der Waals surface area contributed by atoms with Crippen molar-refractivity contribution in [3.05, 3.63) is 209 Å². The molecule has 0 saturated carbocycles. The summed E-state index contributed by atoms with van der Waals surface area (Å²) in [6, 6.07) is 68.5. The second-order valence-electron chi connectivity index (χ2n) is 10.7. The Morgan fingerprint density at radius 3 is 0.577 bits per heavy atom. The molecule has 0 aliphatic carbocycles. The molecule has 2 radical (unpaired) electrons. The SMILES string of the molecule is CC.CC.[CH3-].[CH3-].[Y].[Y].c1ccc(N(c2ccccc2)c2ccc(-c3ccc(-c4ccc(N(c5ccccc5)c5ccccc5)cc4)cc3)cc2)cc1. The van der Waals surface area contributed by atoms with Crippen LogP contribution >= 0.6 is 0 Å². The number of benzene rings is 7. The second-order valence-corrected chi connectivity index (χ2v) is 10.7. The molecule has 0 heterocycles. The third-order valence-corrected chi connectivity index (χ3v) is 7.86. The fraction of sp³-hybridized carbons (Fsp3) is 0.0833. The summed E-state index contributed by atoms with van der Waals surface area (Å²) in [5.74, 6) is 0. The van der Waals surface area contributed by atoms with E-state index in [1.807, 2.05) is 27.7 Å². The van der Waals surface area contributed by atoms with E-state index in [1.165, 1.54) is 22.3 Å². The number of hydrogen-bond acceptors (Lipinski definition) is 2. The molecule has 4 heteroatoms.